The number of hydrogen-bond donors (Lipinski definition) is 2. The van der Waals surface area contributed by atoms with Crippen molar-refractivity contribution in [2.24, 2.45) is 5.92 Å². The molecule has 0 aromatic heterocycles. The lowest BCUT2D eigenvalue weighted by molar-refractivity contribution is -0.131. The second-order valence-electron chi connectivity index (χ2n) is 6.77. The first-order chi connectivity index (χ1) is 12.7. The van der Waals surface area contributed by atoms with Gasteiger partial charge in [-0.1, -0.05) is 0 Å². The first-order valence-electron chi connectivity index (χ1n) is 8.98. The molecule has 3 heterocycles. The van der Waals surface area contributed by atoms with E-state index < -0.39 is 0 Å². The van der Waals surface area contributed by atoms with Crippen LogP contribution in [0.15, 0.2) is 18.2 Å². The number of ether oxygens (including phenoxy) is 2. The molecule has 0 saturated carbocycles. The first-order valence-corrected chi connectivity index (χ1v) is 10.1. The first kappa shape index (κ1) is 17.5. The van der Waals surface area contributed by atoms with E-state index in [1.807, 2.05) is 4.90 Å². The quantitative estimate of drug-likeness (QED) is 0.804. The van der Waals surface area contributed by atoms with Gasteiger partial charge in [-0.25, -0.2) is 0 Å². The summed E-state index contributed by atoms with van der Waals surface area (Å²) >= 11 is 1.79. The Labute approximate surface area is 156 Å². The number of nitrogens with one attached hydrogen (secondary N) is 2. The van der Waals surface area contributed by atoms with E-state index >= 15 is 0 Å². The van der Waals surface area contributed by atoms with Crippen LogP contribution in [-0.2, 0) is 4.79 Å². The van der Waals surface area contributed by atoms with Crippen LogP contribution < -0.4 is 20.1 Å². The third-order valence-electron chi connectivity index (χ3n) is 4.94. The lowest BCUT2D eigenvalue weighted by Gasteiger charge is -2.19. The highest BCUT2D eigenvalue weighted by atomic mass is 32.2. The van der Waals surface area contributed by atoms with Crippen molar-refractivity contribution >= 4 is 23.6 Å². The molecule has 3 aliphatic rings. The monoisotopic (exact) mass is 377 g/mol. The maximum absolute atomic E-state index is 12.4. The van der Waals surface area contributed by atoms with Crippen LogP contribution in [0, 0.1) is 5.92 Å². The maximum atomic E-state index is 12.4. The fourth-order valence-electron chi connectivity index (χ4n) is 3.48. The summed E-state index contributed by atoms with van der Waals surface area (Å²) < 4.78 is 11.0. The van der Waals surface area contributed by atoms with Crippen LogP contribution in [-0.4, -0.2) is 67.2 Å². The van der Waals surface area contributed by atoms with Crippen LogP contribution >= 0.6 is 11.8 Å². The molecule has 2 saturated heterocycles. The number of fused-ring (bicyclic) bond motifs is 1. The molecule has 2 N–H and O–H groups in total. The van der Waals surface area contributed by atoms with Gasteiger partial charge in [-0.05, 0) is 30.5 Å². The lowest BCUT2D eigenvalue weighted by atomic mass is 10.0. The van der Waals surface area contributed by atoms with Gasteiger partial charge in [0.05, 0.1) is 11.9 Å². The normalized spacial score (nSPS) is 24.5. The summed E-state index contributed by atoms with van der Waals surface area (Å²) in [6.45, 7) is 3.17. The topological polar surface area (TPSA) is 79.9 Å². The van der Waals surface area contributed by atoms with Crippen LogP contribution in [0.1, 0.15) is 16.8 Å². The van der Waals surface area contributed by atoms with Gasteiger partial charge in [0.15, 0.2) is 11.5 Å². The van der Waals surface area contributed by atoms with E-state index in [-0.39, 0.29) is 23.8 Å². The van der Waals surface area contributed by atoms with E-state index in [0.717, 1.165) is 31.1 Å². The number of carbonyl (C=O) groups excluding carboxylic acids is 2. The molecule has 2 amide bonds. The van der Waals surface area contributed by atoms with E-state index in [2.05, 4.69) is 10.6 Å². The zero-order valence-electron chi connectivity index (χ0n) is 14.5. The molecule has 1 aromatic rings. The lowest BCUT2D eigenvalue weighted by Crippen LogP contribution is -2.42. The predicted octanol–water partition coefficient (Wildman–Crippen LogP) is 0.699. The molecule has 0 bridgehead atoms. The van der Waals surface area contributed by atoms with Gasteiger partial charge in [-0.3, -0.25) is 9.59 Å². The predicted molar refractivity (Wildman–Crippen MR) is 98.7 cm³/mol. The Hall–Kier alpha value is -1.93. The van der Waals surface area contributed by atoms with Crippen LogP contribution in [0.2, 0.25) is 0 Å². The molecule has 0 aliphatic carbocycles. The van der Waals surface area contributed by atoms with E-state index in [1.54, 1.807) is 30.0 Å². The fraction of sp³-hybridized carbons (Fsp3) is 0.556. The van der Waals surface area contributed by atoms with Gasteiger partial charge in [0.25, 0.3) is 5.91 Å². The second kappa shape index (κ2) is 7.75. The Morgan fingerprint density at radius 2 is 2.12 bits per heavy atom. The van der Waals surface area contributed by atoms with Gasteiger partial charge in [-0.2, -0.15) is 0 Å². The minimum absolute atomic E-state index is 0.120. The van der Waals surface area contributed by atoms with E-state index in [4.69, 9.17) is 9.47 Å². The molecule has 0 unspecified atom stereocenters. The van der Waals surface area contributed by atoms with Gasteiger partial charge in [0.1, 0.15) is 13.2 Å². The Balaban J connectivity index is 1.28. The number of amides is 2. The van der Waals surface area contributed by atoms with E-state index in [0.29, 0.717) is 36.8 Å². The maximum Gasteiger partial charge on any atom is 0.251 e. The largest absolute Gasteiger partial charge is 0.486 e. The zero-order valence-corrected chi connectivity index (χ0v) is 15.3. The summed E-state index contributed by atoms with van der Waals surface area (Å²) in [5, 5.41) is 6.27. The molecule has 0 spiro atoms. The number of hydrogen-bond acceptors (Lipinski definition) is 6. The van der Waals surface area contributed by atoms with Crippen LogP contribution in [0.3, 0.4) is 0 Å². The highest BCUT2D eigenvalue weighted by molar-refractivity contribution is 7.99. The average molecular weight is 377 g/mol. The van der Waals surface area contributed by atoms with Crippen molar-refractivity contribution in [1.29, 1.82) is 0 Å². The minimum atomic E-state index is -0.132. The number of benzene rings is 1. The molecule has 8 heteroatoms. The molecule has 7 nitrogen and oxygen atoms in total. The summed E-state index contributed by atoms with van der Waals surface area (Å²) in [6.07, 6.45) is 0.765. The van der Waals surface area contributed by atoms with Crippen LogP contribution in [0.4, 0.5) is 0 Å². The van der Waals surface area contributed by atoms with Gasteiger partial charge in [0, 0.05) is 31.0 Å². The second-order valence-corrected chi connectivity index (χ2v) is 7.84. The van der Waals surface area contributed by atoms with Crippen molar-refractivity contribution in [1.82, 2.24) is 15.5 Å². The molecule has 1 aromatic carbocycles. The highest BCUT2D eigenvalue weighted by Gasteiger charge is 2.33. The molecule has 4 rings (SSSR count). The number of nitrogens with zero attached hydrogens (tertiary/aromatic N) is 1. The molecule has 26 heavy (non-hydrogen) atoms. The fourth-order valence-corrected chi connectivity index (χ4v) is 4.44. The Bertz CT molecular complexity index is 693. The van der Waals surface area contributed by atoms with E-state index in [1.165, 1.54) is 0 Å². The minimum Gasteiger partial charge on any atom is -0.486 e. The van der Waals surface area contributed by atoms with Crippen molar-refractivity contribution < 1.29 is 19.1 Å². The molecular weight excluding hydrogens is 354 g/mol. The SMILES string of the molecule is O=C(NC[C@@H]1CN[C@H](C(=O)N2CCSC2)C1)c1ccc2c(c1)OCCO2. The van der Waals surface area contributed by atoms with Crippen molar-refractivity contribution in [2.75, 3.05) is 44.5 Å². The van der Waals surface area contributed by atoms with Crippen molar-refractivity contribution in [3.05, 3.63) is 23.8 Å². The Kier molecular flexibility index (Phi) is 5.21. The molecule has 140 valence electrons. The third kappa shape index (κ3) is 3.76. The van der Waals surface area contributed by atoms with Crippen molar-refractivity contribution in [2.45, 2.75) is 12.5 Å². The molecule has 2 atom stereocenters. The summed E-state index contributed by atoms with van der Waals surface area (Å²) in [7, 11) is 0. The molecule has 3 aliphatic heterocycles. The molecular formula is C18H23N3O4S. The molecule has 0 radical (unpaired) electrons. The van der Waals surface area contributed by atoms with Gasteiger partial charge < -0.3 is 25.0 Å². The average Bonchev–Trinajstić information content (AvgIpc) is 3.37. The number of thioether (sulfide) groups is 1. The number of carbonyl (C=O) groups is 2. The highest BCUT2D eigenvalue weighted by Crippen LogP contribution is 2.30. The van der Waals surface area contributed by atoms with Gasteiger partial charge in [0.2, 0.25) is 5.91 Å². The Morgan fingerprint density at radius 1 is 1.27 bits per heavy atom. The summed E-state index contributed by atoms with van der Waals surface area (Å²) in [6, 6.07) is 5.11. The van der Waals surface area contributed by atoms with Crippen LogP contribution in [0.25, 0.3) is 0 Å². The third-order valence-corrected chi connectivity index (χ3v) is 5.91. The Morgan fingerprint density at radius 3 is 2.92 bits per heavy atom. The van der Waals surface area contributed by atoms with Crippen molar-refractivity contribution in [3.63, 3.8) is 0 Å². The van der Waals surface area contributed by atoms with Crippen LogP contribution in [0.5, 0.6) is 11.5 Å². The van der Waals surface area contributed by atoms with E-state index in [9.17, 15) is 9.59 Å². The van der Waals surface area contributed by atoms with Gasteiger partial charge in [-0.15, -0.1) is 11.8 Å². The zero-order chi connectivity index (χ0) is 17.9. The summed E-state index contributed by atoms with van der Waals surface area (Å²) in [4.78, 5) is 26.7. The number of rotatable bonds is 4. The van der Waals surface area contributed by atoms with Crippen molar-refractivity contribution in [3.8, 4) is 11.5 Å². The summed E-state index contributed by atoms with van der Waals surface area (Å²) in [5.74, 6) is 3.43. The summed E-state index contributed by atoms with van der Waals surface area (Å²) in [5.41, 5.74) is 0.557. The standard InChI is InChI=1S/C18H23N3O4S/c22-17(13-1-2-15-16(8-13)25-5-4-24-15)20-10-12-7-14(19-9-12)18(23)21-3-6-26-11-21/h1-2,8,12,14,19H,3-7,9-11H2,(H,20,22)/t12-,14-/m0/s1. The smallest absolute Gasteiger partial charge is 0.251 e. The molecule has 2 fully saturated rings. The van der Waals surface area contributed by atoms with Gasteiger partial charge >= 0.3 is 0 Å².